The van der Waals surface area contributed by atoms with Crippen LogP contribution in [0.25, 0.3) is 0 Å². The predicted octanol–water partition coefficient (Wildman–Crippen LogP) is 3.71. The summed E-state index contributed by atoms with van der Waals surface area (Å²) in [5.41, 5.74) is 0.0161. The maximum Gasteiger partial charge on any atom is 0.349 e. The van der Waals surface area contributed by atoms with Crippen molar-refractivity contribution >= 4 is 17.6 Å². The van der Waals surface area contributed by atoms with E-state index < -0.39 is 5.60 Å². The largest absolute Gasteiger partial charge is 0.476 e. The van der Waals surface area contributed by atoms with Gasteiger partial charge in [0.1, 0.15) is 5.75 Å². The second-order valence-electron chi connectivity index (χ2n) is 4.52. The second-order valence-corrected chi connectivity index (χ2v) is 5.17. The van der Waals surface area contributed by atoms with Gasteiger partial charge in [-0.2, -0.15) is 0 Å². The lowest BCUT2D eigenvalue weighted by Gasteiger charge is -2.24. The van der Waals surface area contributed by atoms with Crippen molar-refractivity contribution < 1.29 is 14.3 Å². The van der Waals surface area contributed by atoms with Crippen LogP contribution in [-0.4, -0.2) is 18.2 Å². The Morgan fingerprint density at radius 3 is 2.33 bits per heavy atom. The van der Waals surface area contributed by atoms with Crippen molar-refractivity contribution in [2.45, 2.75) is 38.7 Å². The summed E-state index contributed by atoms with van der Waals surface area (Å²) in [6, 6.07) is 7.37. The molecule has 4 heteroatoms. The minimum absolute atomic E-state index is 0.0443. The first-order valence-corrected chi connectivity index (χ1v) is 6.40. The monoisotopic (exact) mass is 270 g/mol. The summed E-state index contributed by atoms with van der Waals surface area (Å²) in [4.78, 5) is 11.7. The Morgan fingerprint density at radius 2 is 1.89 bits per heavy atom. The molecule has 18 heavy (non-hydrogen) atoms. The molecule has 0 amide bonds. The van der Waals surface area contributed by atoms with Crippen LogP contribution < -0.4 is 4.74 Å². The molecule has 0 aliphatic carbocycles. The van der Waals surface area contributed by atoms with Gasteiger partial charge in [-0.05, 0) is 45.4 Å². The summed E-state index contributed by atoms with van der Waals surface area (Å²) in [6.07, 6.45) is 0. The summed E-state index contributed by atoms with van der Waals surface area (Å²) >= 11 is 5.97. The Morgan fingerprint density at radius 1 is 1.33 bits per heavy atom. The molecule has 0 radical (unpaired) electrons. The number of carbonyl (C=O) groups is 1. The van der Waals surface area contributed by atoms with E-state index in [0.717, 1.165) is 5.56 Å². The van der Waals surface area contributed by atoms with Gasteiger partial charge in [0.25, 0.3) is 0 Å². The molecule has 0 heterocycles. The van der Waals surface area contributed by atoms with Crippen molar-refractivity contribution in [1.29, 1.82) is 0 Å². The van der Waals surface area contributed by atoms with Crippen molar-refractivity contribution in [2.24, 2.45) is 0 Å². The lowest BCUT2D eigenvalue weighted by molar-refractivity contribution is -0.158. The smallest absolute Gasteiger partial charge is 0.349 e. The normalized spacial score (nSPS) is 12.9. The minimum Gasteiger partial charge on any atom is -0.476 e. The Labute approximate surface area is 113 Å². The number of esters is 1. The third-order valence-corrected chi connectivity index (χ3v) is 2.73. The molecule has 100 valence electrons. The van der Waals surface area contributed by atoms with Crippen molar-refractivity contribution in [2.75, 3.05) is 6.61 Å². The van der Waals surface area contributed by atoms with Crippen molar-refractivity contribution in [1.82, 2.24) is 0 Å². The zero-order chi connectivity index (χ0) is 13.8. The molecule has 0 spiro atoms. The topological polar surface area (TPSA) is 35.5 Å². The molecule has 0 aromatic heterocycles. The first kappa shape index (κ1) is 14.8. The Hall–Kier alpha value is -1.22. The molecule has 3 nitrogen and oxygen atoms in total. The average molecular weight is 271 g/mol. The number of benzene rings is 1. The molecule has 0 fully saturated rings. The van der Waals surface area contributed by atoms with Crippen molar-refractivity contribution in [3.05, 3.63) is 29.8 Å². The number of rotatable bonds is 5. The van der Waals surface area contributed by atoms with E-state index >= 15 is 0 Å². The summed E-state index contributed by atoms with van der Waals surface area (Å²) in [7, 11) is 0. The Balaban J connectivity index is 2.75. The zero-order valence-electron chi connectivity index (χ0n) is 11.2. The van der Waals surface area contributed by atoms with Crippen LogP contribution in [0.3, 0.4) is 0 Å². The fraction of sp³-hybridized carbons (Fsp3) is 0.500. The van der Waals surface area contributed by atoms with E-state index in [4.69, 9.17) is 21.1 Å². The molecule has 1 aromatic rings. The number of alkyl halides is 1. The highest BCUT2D eigenvalue weighted by molar-refractivity contribution is 6.20. The van der Waals surface area contributed by atoms with Gasteiger partial charge < -0.3 is 9.47 Å². The van der Waals surface area contributed by atoms with Crippen LogP contribution in [0.4, 0.5) is 0 Å². The molecule has 0 aliphatic rings. The molecule has 0 N–H and O–H groups in total. The van der Waals surface area contributed by atoms with Crippen LogP contribution >= 0.6 is 11.6 Å². The lowest BCUT2D eigenvalue weighted by atomic mass is 10.1. The molecule has 0 bridgehead atoms. The SMILES string of the molecule is CCOC(=O)C(C)(C)Oc1ccc(C(C)Cl)cc1. The molecule has 1 atom stereocenters. The zero-order valence-corrected chi connectivity index (χ0v) is 12.0. The maximum atomic E-state index is 11.7. The van der Waals surface area contributed by atoms with Crippen LogP contribution in [-0.2, 0) is 9.53 Å². The first-order valence-electron chi connectivity index (χ1n) is 5.97. The fourth-order valence-electron chi connectivity index (χ4n) is 1.44. The van der Waals surface area contributed by atoms with Gasteiger partial charge in [0.15, 0.2) is 5.60 Å². The quantitative estimate of drug-likeness (QED) is 0.604. The third kappa shape index (κ3) is 3.91. The average Bonchev–Trinajstić information content (AvgIpc) is 2.29. The second kappa shape index (κ2) is 6.10. The van der Waals surface area contributed by atoms with E-state index in [1.54, 1.807) is 32.9 Å². The van der Waals surface area contributed by atoms with Gasteiger partial charge in [-0.15, -0.1) is 11.6 Å². The predicted molar refractivity (Wildman–Crippen MR) is 72.1 cm³/mol. The maximum absolute atomic E-state index is 11.7. The molecule has 0 aliphatic heterocycles. The summed E-state index contributed by atoms with van der Waals surface area (Å²) in [6.45, 7) is 7.38. The summed E-state index contributed by atoms with van der Waals surface area (Å²) in [5, 5.41) is -0.0443. The van der Waals surface area contributed by atoms with Gasteiger partial charge in [-0.3, -0.25) is 0 Å². The standard InChI is InChI=1S/C14H19ClO3/c1-5-17-13(16)14(3,4)18-12-8-6-11(7-9-12)10(2)15/h6-10H,5H2,1-4H3. The van der Waals surface area contributed by atoms with Gasteiger partial charge in [0.05, 0.1) is 12.0 Å². The molecule has 1 unspecified atom stereocenters. The van der Waals surface area contributed by atoms with E-state index in [1.165, 1.54) is 0 Å². The van der Waals surface area contributed by atoms with Crippen molar-refractivity contribution in [3.63, 3.8) is 0 Å². The highest BCUT2D eigenvalue weighted by Crippen LogP contribution is 2.24. The number of ether oxygens (including phenoxy) is 2. The number of halogens is 1. The van der Waals surface area contributed by atoms with E-state index in [2.05, 4.69) is 0 Å². The Kier molecular flexibility index (Phi) is 5.03. The molecule has 0 saturated carbocycles. The number of carbonyl (C=O) groups excluding carboxylic acids is 1. The number of hydrogen-bond donors (Lipinski definition) is 0. The third-order valence-electron chi connectivity index (χ3n) is 2.48. The van der Waals surface area contributed by atoms with Crippen molar-refractivity contribution in [3.8, 4) is 5.75 Å². The molecular weight excluding hydrogens is 252 g/mol. The van der Waals surface area contributed by atoms with E-state index in [0.29, 0.717) is 12.4 Å². The van der Waals surface area contributed by atoms with Crippen LogP contribution in [0.2, 0.25) is 0 Å². The van der Waals surface area contributed by atoms with Gasteiger partial charge in [-0.25, -0.2) is 4.79 Å². The molecular formula is C14H19ClO3. The van der Waals surface area contributed by atoms with E-state index in [1.807, 2.05) is 19.1 Å². The highest BCUT2D eigenvalue weighted by atomic mass is 35.5. The van der Waals surface area contributed by atoms with Gasteiger partial charge in [0.2, 0.25) is 0 Å². The highest BCUT2D eigenvalue weighted by Gasteiger charge is 2.31. The lowest BCUT2D eigenvalue weighted by Crippen LogP contribution is -2.39. The summed E-state index contributed by atoms with van der Waals surface area (Å²) in [5.74, 6) is 0.244. The van der Waals surface area contributed by atoms with Crippen LogP contribution in [0.1, 0.15) is 38.6 Å². The van der Waals surface area contributed by atoms with Crippen LogP contribution in [0, 0.1) is 0 Å². The molecule has 1 rings (SSSR count). The van der Waals surface area contributed by atoms with E-state index in [-0.39, 0.29) is 11.3 Å². The van der Waals surface area contributed by atoms with Gasteiger partial charge in [-0.1, -0.05) is 12.1 Å². The van der Waals surface area contributed by atoms with Crippen LogP contribution in [0.5, 0.6) is 5.75 Å². The summed E-state index contributed by atoms with van der Waals surface area (Å²) < 4.78 is 10.6. The fourth-order valence-corrected chi connectivity index (χ4v) is 1.59. The van der Waals surface area contributed by atoms with Crippen LogP contribution in [0.15, 0.2) is 24.3 Å². The molecule has 0 saturated heterocycles. The van der Waals surface area contributed by atoms with Gasteiger partial charge in [0, 0.05) is 0 Å². The van der Waals surface area contributed by atoms with E-state index in [9.17, 15) is 4.79 Å². The number of hydrogen-bond acceptors (Lipinski definition) is 3. The first-order chi connectivity index (χ1) is 8.36. The molecule has 1 aromatic carbocycles. The minimum atomic E-state index is -0.996. The Bertz CT molecular complexity index is 396. The van der Waals surface area contributed by atoms with Gasteiger partial charge >= 0.3 is 5.97 Å².